The number of rotatable bonds is 5. The van der Waals surface area contributed by atoms with Crippen molar-refractivity contribution in [3.63, 3.8) is 0 Å². The van der Waals surface area contributed by atoms with Gasteiger partial charge in [0.05, 0.1) is 16.1 Å². The van der Waals surface area contributed by atoms with Gasteiger partial charge in [-0.25, -0.2) is 0 Å². The van der Waals surface area contributed by atoms with Crippen molar-refractivity contribution in [1.82, 2.24) is 10.2 Å². The predicted octanol–water partition coefficient (Wildman–Crippen LogP) is 2.79. The number of likely N-dealkylation sites (tertiary alicyclic amines) is 1. The van der Waals surface area contributed by atoms with Crippen molar-refractivity contribution >= 4 is 17.5 Å². The van der Waals surface area contributed by atoms with Crippen molar-refractivity contribution < 1.29 is 23.1 Å². The van der Waals surface area contributed by atoms with E-state index < -0.39 is 17.6 Å². The number of hydrogen-bond donors (Lipinski definition) is 2. The summed E-state index contributed by atoms with van der Waals surface area (Å²) in [7, 11) is 0. The Morgan fingerprint density at radius 2 is 2.00 bits per heavy atom. The van der Waals surface area contributed by atoms with Crippen LogP contribution in [0, 0.1) is 5.92 Å². The summed E-state index contributed by atoms with van der Waals surface area (Å²) in [4.78, 5) is 14.2. The van der Waals surface area contributed by atoms with Crippen LogP contribution in [0.4, 0.5) is 13.2 Å². The molecule has 0 saturated carbocycles. The molecule has 0 spiro atoms. The van der Waals surface area contributed by atoms with Crippen LogP contribution in [0.3, 0.4) is 0 Å². The molecule has 0 bridgehead atoms. The Morgan fingerprint density at radius 1 is 1.33 bits per heavy atom. The number of carbonyl (C=O) groups excluding carboxylic acids is 1. The minimum absolute atomic E-state index is 0.00994. The molecule has 8 heteroatoms. The van der Waals surface area contributed by atoms with Gasteiger partial charge in [0.2, 0.25) is 0 Å². The van der Waals surface area contributed by atoms with Crippen molar-refractivity contribution in [2.45, 2.75) is 19.0 Å². The molecule has 134 valence electrons. The maximum atomic E-state index is 12.7. The predicted molar refractivity (Wildman–Crippen MR) is 85.0 cm³/mol. The Bertz CT molecular complexity index is 573. The first kappa shape index (κ1) is 19.0. The van der Waals surface area contributed by atoms with E-state index in [1.165, 1.54) is 0 Å². The number of aliphatic hydroxyl groups is 1. The third kappa shape index (κ3) is 5.09. The summed E-state index contributed by atoms with van der Waals surface area (Å²) in [5.41, 5.74) is -1.08. The molecule has 1 amide bonds. The maximum absolute atomic E-state index is 12.7. The average molecular weight is 365 g/mol. The Balaban J connectivity index is 1.87. The normalized spacial score (nSPS) is 17.0. The first-order chi connectivity index (χ1) is 11.3. The monoisotopic (exact) mass is 364 g/mol. The van der Waals surface area contributed by atoms with Crippen LogP contribution < -0.4 is 5.32 Å². The van der Waals surface area contributed by atoms with Gasteiger partial charge in [0, 0.05) is 19.7 Å². The summed E-state index contributed by atoms with van der Waals surface area (Å²) in [5.74, 6) is -0.281. The SMILES string of the molecule is O=C(NCCN1CCC(CO)CC1)c1cc(C(F)(F)F)ccc1Cl. The summed E-state index contributed by atoms with van der Waals surface area (Å²) < 4.78 is 38.2. The number of hydrogen-bond acceptors (Lipinski definition) is 3. The maximum Gasteiger partial charge on any atom is 0.416 e. The molecule has 1 aromatic rings. The zero-order valence-electron chi connectivity index (χ0n) is 13.1. The Morgan fingerprint density at radius 3 is 2.58 bits per heavy atom. The second-order valence-electron chi connectivity index (χ2n) is 5.92. The lowest BCUT2D eigenvalue weighted by molar-refractivity contribution is -0.137. The van der Waals surface area contributed by atoms with Gasteiger partial charge in [-0.05, 0) is 50.0 Å². The Hall–Kier alpha value is -1.31. The molecule has 1 aromatic carbocycles. The molecule has 1 aliphatic heterocycles. The van der Waals surface area contributed by atoms with Crippen LogP contribution in [0.5, 0.6) is 0 Å². The van der Waals surface area contributed by atoms with Gasteiger partial charge in [-0.3, -0.25) is 4.79 Å². The van der Waals surface area contributed by atoms with E-state index >= 15 is 0 Å². The lowest BCUT2D eigenvalue weighted by Crippen LogP contribution is -2.40. The molecule has 0 aromatic heterocycles. The Labute approximate surface area is 143 Å². The van der Waals surface area contributed by atoms with Crippen LogP contribution >= 0.6 is 11.6 Å². The molecule has 24 heavy (non-hydrogen) atoms. The van der Waals surface area contributed by atoms with E-state index in [4.69, 9.17) is 16.7 Å². The van der Waals surface area contributed by atoms with Crippen LogP contribution in [-0.4, -0.2) is 48.7 Å². The molecule has 4 nitrogen and oxygen atoms in total. The largest absolute Gasteiger partial charge is 0.416 e. The van der Waals surface area contributed by atoms with Gasteiger partial charge >= 0.3 is 6.18 Å². The molecule has 1 aliphatic rings. The second kappa shape index (κ2) is 8.18. The van der Waals surface area contributed by atoms with Gasteiger partial charge in [0.25, 0.3) is 5.91 Å². The quantitative estimate of drug-likeness (QED) is 0.844. The van der Waals surface area contributed by atoms with Gasteiger partial charge in [-0.2, -0.15) is 13.2 Å². The fourth-order valence-electron chi connectivity index (χ4n) is 2.69. The zero-order valence-corrected chi connectivity index (χ0v) is 13.8. The zero-order chi connectivity index (χ0) is 17.7. The number of alkyl halides is 3. The van der Waals surface area contributed by atoms with Crippen LogP contribution in [0.1, 0.15) is 28.8 Å². The van der Waals surface area contributed by atoms with Crippen molar-refractivity contribution in [3.8, 4) is 0 Å². The molecule has 0 unspecified atom stereocenters. The van der Waals surface area contributed by atoms with Crippen LogP contribution in [0.15, 0.2) is 18.2 Å². The molecule has 2 N–H and O–H groups in total. The topological polar surface area (TPSA) is 52.6 Å². The van der Waals surface area contributed by atoms with Gasteiger partial charge < -0.3 is 15.3 Å². The average Bonchev–Trinajstić information content (AvgIpc) is 2.54. The number of carbonyl (C=O) groups is 1. The van der Waals surface area contributed by atoms with Crippen molar-refractivity contribution in [2.24, 2.45) is 5.92 Å². The highest BCUT2D eigenvalue weighted by atomic mass is 35.5. The summed E-state index contributed by atoms with van der Waals surface area (Å²) in [6, 6.07) is 2.70. The molecule has 0 radical (unpaired) electrons. The number of amides is 1. The minimum Gasteiger partial charge on any atom is -0.396 e. The molecule has 1 saturated heterocycles. The molecule has 1 fully saturated rings. The van der Waals surface area contributed by atoms with Crippen LogP contribution in [0.2, 0.25) is 5.02 Å². The fourth-order valence-corrected chi connectivity index (χ4v) is 2.89. The third-order valence-electron chi connectivity index (χ3n) is 4.22. The number of aliphatic hydroxyl groups excluding tert-OH is 1. The van der Waals surface area contributed by atoms with E-state index in [1.54, 1.807) is 0 Å². The smallest absolute Gasteiger partial charge is 0.396 e. The number of halogens is 4. The van der Waals surface area contributed by atoms with Gasteiger partial charge in [0.1, 0.15) is 0 Å². The van der Waals surface area contributed by atoms with E-state index in [1.807, 2.05) is 0 Å². The first-order valence-corrected chi connectivity index (χ1v) is 8.17. The van der Waals surface area contributed by atoms with Crippen molar-refractivity contribution in [1.29, 1.82) is 0 Å². The lowest BCUT2D eigenvalue weighted by atomic mass is 9.98. The summed E-state index contributed by atoms with van der Waals surface area (Å²) in [5, 5.41) is 11.7. The molecule has 0 atom stereocenters. The van der Waals surface area contributed by atoms with Gasteiger partial charge in [-0.15, -0.1) is 0 Å². The number of piperidine rings is 1. The van der Waals surface area contributed by atoms with Crippen molar-refractivity contribution in [3.05, 3.63) is 34.3 Å². The highest BCUT2D eigenvalue weighted by Gasteiger charge is 2.31. The van der Waals surface area contributed by atoms with E-state index in [9.17, 15) is 18.0 Å². The summed E-state index contributed by atoms with van der Waals surface area (Å²) in [6.07, 6.45) is -2.70. The molecule has 2 rings (SSSR count). The van der Waals surface area contributed by atoms with Gasteiger partial charge in [0.15, 0.2) is 0 Å². The summed E-state index contributed by atoms with van der Waals surface area (Å²) >= 11 is 5.84. The first-order valence-electron chi connectivity index (χ1n) is 7.79. The summed E-state index contributed by atoms with van der Waals surface area (Å²) in [6.45, 7) is 2.81. The minimum atomic E-state index is -4.52. The molecule has 1 heterocycles. The number of nitrogens with zero attached hydrogens (tertiary/aromatic N) is 1. The molecule has 0 aliphatic carbocycles. The fraction of sp³-hybridized carbons (Fsp3) is 0.562. The lowest BCUT2D eigenvalue weighted by Gasteiger charge is -2.30. The highest BCUT2D eigenvalue weighted by Crippen LogP contribution is 2.31. The standard InChI is InChI=1S/C16H20ClF3N2O2/c17-14-2-1-12(16(18,19)20)9-13(14)15(24)21-5-8-22-6-3-11(10-23)4-7-22/h1-2,9,11,23H,3-8,10H2,(H,21,24). The number of benzene rings is 1. The van der Waals surface area contributed by atoms with Crippen molar-refractivity contribution in [2.75, 3.05) is 32.8 Å². The number of nitrogens with one attached hydrogen (secondary N) is 1. The third-order valence-corrected chi connectivity index (χ3v) is 4.55. The van der Waals surface area contributed by atoms with E-state index in [0.29, 0.717) is 19.0 Å². The second-order valence-corrected chi connectivity index (χ2v) is 6.32. The van der Waals surface area contributed by atoms with E-state index in [0.717, 1.165) is 44.1 Å². The van der Waals surface area contributed by atoms with Gasteiger partial charge in [-0.1, -0.05) is 11.6 Å². The van der Waals surface area contributed by atoms with Crippen LogP contribution in [-0.2, 0) is 6.18 Å². The molecular weight excluding hydrogens is 345 g/mol. The Kier molecular flexibility index (Phi) is 6.48. The molecular formula is C16H20ClF3N2O2. The highest BCUT2D eigenvalue weighted by molar-refractivity contribution is 6.33. The van der Waals surface area contributed by atoms with Crippen LogP contribution in [0.25, 0.3) is 0 Å². The van der Waals surface area contributed by atoms with E-state index in [-0.39, 0.29) is 17.2 Å². The van der Waals surface area contributed by atoms with E-state index in [2.05, 4.69) is 10.2 Å².